The maximum absolute atomic E-state index is 4.84. The summed E-state index contributed by atoms with van der Waals surface area (Å²) < 4.78 is 4.84. The summed E-state index contributed by atoms with van der Waals surface area (Å²) in [6, 6.07) is 0. The summed E-state index contributed by atoms with van der Waals surface area (Å²) in [5, 5.41) is 0. The van der Waals surface area contributed by atoms with Gasteiger partial charge in [0.1, 0.15) is 0 Å². The van der Waals surface area contributed by atoms with Gasteiger partial charge in [0.15, 0.2) is 0 Å². The highest BCUT2D eigenvalue weighted by Crippen LogP contribution is 1.90. The van der Waals surface area contributed by atoms with Crippen molar-refractivity contribution in [2.24, 2.45) is 0 Å². The average molecular weight is 112 g/mol. The monoisotopic (exact) mass is 112 g/mol. The zero-order chi connectivity index (χ0) is 6.41. The number of hydrogen-bond acceptors (Lipinski definition) is 1. The van der Waals surface area contributed by atoms with E-state index in [1.165, 1.54) is 5.57 Å². The van der Waals surface area contributed by atoms with Crippen molar-refractivity contribution in [3.05, 3.63) is 24.3 Å². The van der Waals surface area contributed by atoms with Crippen molar-refractivity contribution < 1.29 is 4.74 Å². The van der Waals surface area contributed by atoms with E-state index in [9.17, 15) is 0 Å². The molecule has 0 heterocycles. The number of hydrogen-bond donors (Lipinski definition) is 0. The van der Waals surface area contributed by atoms with Gasteiger partial charge < -0.3 is 4.74 Å². The molecule has 8 heavy (non-hydrogen) atoms. The Labute approximate surface area is 50.7 Å². The number of rotatable bonds is 3. The lowest BCUT2D eigenvalue weighted by atomic mass is 10.3. The molecule has 0 aliphatic rings. The molecule has 0 spiro atoms. The first-order valence-electron chi connectivity index (χ1n) is 2.58. The fraction of sp³-hybridized carbons (Fsp3) is 0.429. The fourth-order valence-electron chi connectivity index (χ4n) is 0.477. The third kappa shape index (κ3) is 3.62. The van der Waals surface area contributed by atoms with Crippen LogP contribution in [0, 0.1) is 0 Å². The van der Waals surface area contributed by atoms with Gasteiger partial charge in [-0.15, -0.1) is 0 Å². The molecule has 0 amide bonds. The number of allylic oxidation sites excluding steroid dienone is 2. The van der Waals surface area contributed by atoms with E-state index in [1.807, 2.05) is 13.0 Å². The number of ether oxygens (including phenoxy) is 1. The van der Waals surface area contributed by atoms with Crippen LogP contribution in [0.5, 0.6) is 0 Å². The van der Waals surface area contributed by atoms with Gasteiger partial charge in [-0.25, -0.2) is 0 Å². The number of methoxy groups -OCH3 is 1. The van der Waals surface area contributed by atoms with Crippen molar-refractivity contribution in [3.8, 4) is 0 Å². The van der Waals surface area contributed by atoms with E-state index in [2.05, 4.69) is 6.58 Å². The van der Waals surface area contributed by atoms with Crippen LogP contribution >= 0.6 is 0 Å². The molecule has 0 rings (SSSR count). The van der Waals surface area contributed by atoms with E-state index in [4.69, 9.17) is 4.74 Å². The van der Waals surface area contributed by atoms with Crippen LogP contribution in [0.3, 0.4) is 0 Å². The van der Waals surface area contributed by atoms with Gasteiger partial charge >= 0.3 is 0 Å². The minimum absolute atomic E-state index is 0.700. The third-order valence-electron chi connectivity index (χ3n) is 0.774. The minimum Gasteiger partial charge on any atom is -0.380 e. The molecule has 0 aliphatic carbocycles. The Morgan fingerprint density at radius 2 is 2.38 bits per heavy atom. The van der Waals surface area contributed by atoms with E-state index in [0.29, 0.717) is 6.61 Å². The SMILES string of the molecule is C=CC=C(C)COC. The molecule has 0 aliphatic heterocycles. The molecule has 0 fully saturated rings. The van der Waals surface area contributed by atoms with Gasteiger partial charge in [0.2, 0.25) is 0 Å². The lowest BCUT2D eigenvalue weighted by Gasteiger charge is -1.93. The first-order valence-corrected chi connectivity index (χ1v) is 2.58. The van der Waals surface area contributed by atoms with E-state index in [0.717, 1.165) is 0 Å². The van der Waals surface area contributed by atoms with Crippen LogP contribution in [0.1, 0.15) is 6.92 Å². The van der Waals surface area contributed by atoms with E-state index in [-0.39, 0.29) is 0 Å². The normalized spacial score (nSPS) is 11.5. The summed E-state index contributed by atoms with van der Waals surface area (Å²) in [7, 11) is 1.68. The Balaban J connectivity index is 3.44. The summed E-state index contributed by atoms with van der Waals surface area (Å²) in [6.07, 6.45) is 3.69. The average Bonchev–Trinajstić information content (AvgIpc) is 1.68. The molecule has 0 N–H and O–H groups in total. The Morgan fingerprint density at radius 1 is 1.75 bits per heavy atom. The van der Waals surface area contributed by atoms with E-state index < -0.39 is 0 Å². The molecule has 0 aromatic heterocycles. The van der Waals surface area contributed by atoms with Crippen molar-refractivity contribution in [1.82, 2.24) is 0 Å². The second-order valence-electron chi connectivity index (χ2n) is 1.68. The van der Waals surface area contributed by atoms with Crippen LogP contribution in [0.2, 0.25) is 0 Å². The standard InChI is InChI=1S/C7H12O/c1-4-5-7(2)6-8-3/h4-5H,1,6H2,2-3H3. The predicted octanol–water partition coefficient (Wildman–Crippen LogP) is 1.77. The van der Waals surface area contributed by atoms with E-state index in [1.54, 1.807) is 13.2 Å². The maximum Gasteiger partial charge on any atom is 0.0673 e. The quantitative estimate of drug-likeness (QED) is 0.505. The smallest absolute Gasteiger partial charge is 0.0673 e. The highest BCUT2D eigenvalue weighted by Gasteiger charge is 1.80. The van der Waals surface area contributed by atoms with Gasteiger partial charge in [-0.05, 0) is 12.5 Å². The fourth-order valence-corrected chi connectivity index (χ4v) is 0.477. The van der Waals surface area contributed by atoms with Crippen LogP contribution in [0.25, 0.3) is 0 Å². The minimum atomic E-state index is 0.700. The Kier molecular flexibility index (Phi) is 4.27. The van der Waals surface area contributed by atoms with Crippen LogP contribution in [-0.4, -0.2) is 13.7 Å². The lowest BCUT2D eigenvalue weighted by molar-refractivity contribution is 0.226. The van der Waals surface area contributed by atoms with Gasteiger partial charge in [0.25, 0.3) is 0 Å². The zero-order valence-corrected chi connectivity index (χ0v) is 5.48. The van der Waals surface area contributed by atoms with Gasteiger partial charge in [-0.2, -0.15) is 0 Å². The first kappa shape index (κ1) is 7.44. The molecule has 0 saturated heterocycles. The molecule has 0 atom stereocenters. The molecule has 0 bridgehead atoms. The predicted molar refractivity (Wildman–Crippen MR) is 35.8 cm³/mol. The van der Waals surface area contributed by atoms with Crippen molar-refractivity contribution >= 4 is 0 Å². The Morgan fingerprint density at radius 3 is 2.75 bits per heavy atom. The first-order chi connectivity index (χ1) is 3.81. The summed E-state index contributed by atoms with van der Waals surface area (Å²) >= 11 is 0. The summed E-state index contributed by atoms with van der Waals surface area (Å²) in [5.41, 5.74) is 1.20. The lowest BCUT2D eigenvalue weighted by Crippen LogP contribution is -1.87. The third-order valence-corrected chi connectivity index (χ3v) is 0.774. The Bertz CT molecular complexity index is 92.6. The van der Waals surface area contributed by atoms with Crippen LogP contribution in [0.15, 0.2) is 24.3 Å². The molecule has 1 nitrogen and oxygen atoms in total. The van der Waals surface area contributed by atoms with Crippen molar-refractivity contribution in [2.75, 3.05) is 13.7 Å². The van der Waals surface area contributed by atoms with Gasteiger partial charge in [0, 0.05) is 7.11 Å². The van der Waals surface area contributed by atoms with Crippen molar-refractivity contribution in [3.63, 3.8) is 0 Å². The summed E-state index contributed by atoms with van der Waals surface area (Å²) in [6.45, 7) is 6.26. The van der Waals surface area contributed by atoms with Crippen LogP contribution < -0.4 is 0 Å². The molecular formula is C7H12O. The molecule has 0 saturated carbocycles. The van der Waals surface area contributed by atoms with Crippen molar-refractivity contribution in [2.45, 2.75) is 6.92 Å². The van der Waals surface area contributed by atoms with Crippen molar-refractivity contribution in [1.29, 1.82) is 0 Å². The molecule has 46 valence electrons. The molecule has 1 heteroatoms. The second kappa shape index (κ2) is 4.60. The highest BCUT2D eigenvalue weighted by molar-refractivity contribution is 5.07. The Hall–Kier alpha value is -0.560. The molecule has 0 aromatic rings. The van der Waals surface area contributed by atoms with Gasteiger partial charge in [-0.3, -0.25) is 0 Å². The summed E-state index contributed by atoms with van der Waals surface area (Å²) in [4.78, 5) is 0. The van der Waals surface area contributed by atoms with Crippen LogP contribution in [-0.2, 0) is 4.74 Å². The second-order valence-corrected chi connectivity index (χ2v) is 1.68. The summed E-state index contributed by atoms with van der Waals surface area (Å²) in [5.74, 6) is 0. The maximum atomic E-state index is 4.84. The molecule has 0 unspecified atom stereocenters. The molecule has 0 radical (unpaired) electrons. The van der Waals surface area contributed by atoms with Crippen LogP contribution in [0.4, 0.5) is 0 Å². The highest BCUT2D eigenvalue weighted by atomic mass is 16.5. The van der Waals surface area contributed by atoms with Gasteiger partial charge in [0.05, 0.1) is 6.61 Å². The molecule has 0 aromatic carbocycles. The zero-order valence-electron chi connectivity index (χ0n) is 5.48. The largest absolute Gasteiger partial charge is 0.380 e. The van der Waals surface area contributed by atoms with E-state index >= 15 is 0 Å². The topological polar surface area (TPSA) is 9.23 Å². The molecular weight excluding hydrogens is 100 g/mol. The van der Waals surface area contributed by atoms with Gasteiger partial charge in [-0.1, -0.05) is 18.7 Å².